The molecule has 6 unspecified atom stereocenters. The van der Waals surface area contributed by atoms with Crippen molar-refractivity contribution in [3.05, 3.63) is 162 Å². The second kappa shape index (κ2) is 14.2. The van der Waals surface area contributed by atoms with Crippen LogP contribution in [0.3, 0.4) is 0 Å². The highest BCUT2D eigenvalue weighted by molar-refractivity contribution is 6.24. The largest absolute Gasteiger partial charge is 0.465 e. The van der Waals surface area contributed by atoms with E-state index in [1.807, 2.05) is 91.9 Å². The molecule has 6 atom stereocenters. The number of fused-ring (bicyclic) bond motifs is 3. The second-order valence-corrected chi connectivity index (χ2v) is 14.5. The van der Waals surface area contributed by atoms with Crippen LogP contribution < -0.4 is 5.01 Å². The van der Waals surface area contributed by atoms with E-state index in [1.54, 1.807) is 13.8 Å². The minimum Gasteiger partial charge on any atom is -0.465 e. The SMILES string of the molecule is CCOC(=O)C1=CCC(c2ccccc2)C2CC(c3ccccc3)C(c3ccc4ccccc4c3)C3(C(=O)N(c4ccccc4)N=C3C)C12C(=O)OCC. The third-order valence-electron chi connectivity index (χ3n) is 12.1. The van der Waals surface area contributed by atoms with Gasteiger partial charge in [0, 0.05) is 5.92 Å². The second-order valence-electron chi connectivity index (χ2n) is 14.5. The van der Waals surface area contributed by atoms with Gasteiger partial charge >= 0.3 is 11.9 Å². The molecule has 1 spiro atoms. The monoisotopic (exact) mass is 716 g/mol. The molecule has 1 fully saturated rings. The molecule has 1 saturated carbocycles. The number of carbonyl (C=O) groups excluding carboxylic acids is 3. The van der Waals surface area contributed by atoms with E-state index in [1.165, 1.54) is 5.01 Å². The molecule has 1 aliphatic heterocycles. The Morgan fingerprint density at radius 3 is 1.96 bits per heavy atom. The van der Waals surface area contributed by atoms with Gasteiger partial charge in [-0.25, -0.2) is 4.79 Å². The van der Waals surface area contributed by atoms with Crippen LogP contribution in [0.15, 0.2) is 150 Å². The molecule has 8 rings (SSSR count). The molecule has 3 aliphatic rings. The van der Waals surface area contributed by atoms with Crippen LogP contribution in [0, 0.1) is 16.7 Å². The Balaban J connectivity index is 1.53. The normalized spacial score (nSPS) is 26.2. The number of ether oxygens (including phenoxy) is 2. The Bertz CT molecular complexity index is 2270. The number of para-hydroxylation sites is 1. The maximum atomic E-state index is 16.3. The lowest BCUT2D eigenvalue weighted by Crippen LogP contribution is -2.69. The fraction of sp³-hybridized carbons (Fsp3) is 0.277. The first-order chi connectivity index (χ1) is 26.4. The van der Waals surface area contributed by atoms with E-state index >= 15 is 9.59 Å². The Labute approximate surface area is 316 Å². The van der Waals surface area contributed by atoms with Gasteiger partial charge in [0.2, 0.25) is 0 Å². The number of nitrogens with zero attached hydrogens (tertiary/aromatic N) is 2. The van der Waals surface area contributed by atoms with Gasteiger partial charge in [-0.1, -0.05) is 127 Å². The van der Waals surface area contributed by atoms with E-state index in [0.29, 0.717) is 24.2 Å². The summed E-state index contributed by atoms with van der Waals surface area (Å²) < 4.78 is 12.0. The topological polar surface area (TPSA) is 85.3 Å². The molecule has 0 radical (unpaired) electrons. The zero-order valence-electron chi connectivity index (χ0n) is 30.9. The average Bonchev–Trinajstić information content (AvgIpc) is 3.47. The molecule has 7 heteroatoms. The van der Waals surface area contributed by atoms with Gasteiger partial charge in [-0.2, -0.15) is 10.1 Å². The highest BCUT2D eigenvalue weighted by Gasteiger charge is 2.79. The Hall–Kier alpha value is -5.82. The first kappa shape index (κ1) is 35.2. The number of carbonyl (C=O) groups is 3. The van der Waals surface area contributed by atoms with Crippen molar-refractivity contribution in [1.82, 2.24) is 0 Å². The van der Waals surface area contributed by atoms with Crippen LogP contribution in [-0.2, 0) is 23.9 Å². The molecule has 0 bridgehead atoms. The highest BCUT2D eigenvalue weighted by Crippen LogP contribution is 2.73. The first-order valence-corrected chi connectivity index (χ1v) is 19.0. The number of anilines is 1. The summed E-state index contributed by atoms with van der Waals surface area (Å²) >= 11 is 0. The summed E-state index contributed by atoms with van der Waals surface area (Å²) in [7, 11) is 0. The van der Waals surface area contributed by atoms with Gasteiger partial charge in [0.05, 0.1) is 30.2 Å². The van der Waals surface area contributed by atoms with Crippen LogP contribution in [0.25, 0.3) is 10.8 Å². The molecule has 2 aliphatic carbocycles. The van der Waals surface area contributed by atoms with Crippen molar-refractivity contribution < 1.29 is 23.9 Å². The minimum absolute atomic E-state index is 0.0605. The molecule has 0 aromatic heterocycles. The number of amides is 1. The van der Waals surface area contributed by atoms with Gasteiger partial charge in [-0.15, -0.1) is 0 Å². The van der Waals surface area contributed by atoms with Crippen molar-refractivity contribution in [1.29, 1.82) is 0 Å². The van der Waals surface area contributed by atoms with Crippen LogP contribution in [0.5, 0.6) is 0 Å². The van der Waals surface area contributed by atoms with Crippen molar-refractivity contribution in [2.45, 2.75) is 51.4 Å². The summed E-state index contributed by atoms with van der Waals surface area (Å²) in [6, 6.07) is 44.2. The van der Waals surface area contributed by atoms with Gasteiger partial charge in [0.15, 0.2) is 0 Å². The van der Waals surface area contributed by atoms with Gasteiger partial charge in [0.25, 0.3) is 5.91 Å². The first-order valence-electron chi connectivity index (χ1n) is 19.0. The number of benzene rings is 5. The third kappa shape index (κ3) is 5.24. The number of esters is 2. The number of hydrogen-bond donors (Lipinski definition) is 0. The van der Waals surface area contributed by atoms with Crippen molar-refractivity contribution >= 4 is 40.0 Å². The van der Waals surface area contributed by atoms with Crippen LogP contribution in [0.1, 0.15) is 68.1 Å². The number of hydrogen-bond acceptors (Lipinski definition) is 6. The van der Waals surface area contributed by atoms with Crippen LogP contribution in [0.2, 0.25) is 0 Å². The molecular weight excluding hydrogens is 673 g/mol. The zero-order chi connectivity index (χ0) is 37.5. The molecule has 5 aromatic carbocycles. The zero-order valence-corrected chi connectivity index (χ0v) is 30.9. The van der Waals surface area contributed by atoms with Crippen molar-refractivity contribution in [2.75, 3.05) is 18.2 Å². The summed E-state index contributed by atoms with van der Waals surface area (Å²) in [5, 5.41) is 8.63. The van der Waals surface area contributed by atoms with Gasteiger partial charge in [0.1, 0.15) is 10.8 Å². The third-order valence-corrected chi connectivity index (χ3v) is 12.1. The summed E-state index contributed by atoms with van der Waals surface area (Å²) in [6.07, 6.45) is 2.83. The molecular formula is C47H44N2O5. The summed E-state index contributed by atoms with van der Waals surface area (Å²) in [4.78, 5) is 46.6. The smallest absolute Gasteiger partial charge is 0.334 e. The predicted octanol–water partition coefficient (Wildman–Crippen LogP) is 9.36. The minimum atomic E-state index is -1.82. The fourth-order valence-corrected chi connectivity index (χ4v) is 10.1. The molecule has 0 saturated heterocycles. The fourth-order valence-electron chi connectivity index (χ4n) is 10.1. The van der Waals surface area contributed by atoms with Gasteiger partial charge in [-0.05, 0) is 91.0 Å². The van der Waals surface area contributed by atoms with Crippen molar-refractivity contribution in [3.8, 4) is 0 Å². The Morgan fingerprint density at radius 1 is 0.722 bits per heavy atom. The molecule has 1 amide bonds. The van der Waals surface area contributed by atoms with Gasteiger partial charge < -0.3 is 9.47 Å². The molecule has 0 N–H and O–H groups in total. The lowest BCUT2D eigenvalue weighted by molar-refractivity contribution is -0.177. The van der Waals surface area contributed by atoms with Crippen molar-refractivity contribution in [3.63, 3.8) is 0 Å². The van der Waals surface area contributed by atoms with E-state index in [0.717, 1.165) is 27.5 Å². The molecule has 7 nitrogen and oxygen atoms in total. The highest BCUT2D eigenvalue weighted by atomic mass is 16.5. The average molecular weight is 717 g/mol. The lowest BCUT2D eigenvalue weighted by atomic mass is 9.37. The molecule has 54 heavy (non-hydrogen) atoms. The Kier molecular flexibility index (Phi) is 9.26. The maximum Gasteiger partial charge on any atom is 0.334 e. The standard InChI is InChI=1S/C47H44N2O5/c1-4-53-43(50)40-28-27-38(33-18-9-6-10-19-33)41-30-39(34-20-11-7-12-21-34)42(36-26-25-32-17-15-16-22-35(32)29-36)46(47(40,41)45(52)54-5-2)31(3)48-49(44(46)51)37-23-13-8-14-24-37/h6-26,28-29,38-39,41-42H,4-5,27,30H2,1-3H3. The number of hydrazone groups is 1. The predicted molar refractivity (Wildman–Crippen MR) is 211 cm³/mol. The quantitative estimate of drug-likeness (QED) is 0.150. The number of rotatable bonds is 8. The number of allylic oxidation sites excluding steroid dienone is 1. The maximum absolute atomic E-state index is 16.3. The van der Waals surface area contributed by atoms with E-state index in [4.69, 9.17) is 14.6 Å². The van der Waals surface area contributed by atoms with E-state index in [-0.39, 0.29) is 36.5 Å². The molecule has 5 aromatic rings. The Morgan fingerprint density at radius 2 is 1.31 bits per heavy atom. The van der Waals surface area contributed by atoms with Crippen LogP contribution in [-0.4, -0.2) is 36.8 Å². The van der Waals surface area contributed by atoms with Crippen LogP contribution >= 0.6 is 0 Å². The molecule has 272 valence electrons. The summed E-state index contributed by atoms with van der Waals surface area (Å²) in [5.74, 6) is -3.30. The van der Waals surface area contributed by atoms with E-state index in [2.05, 4.69) is 54.6 Å². The van der Waals surface area contributed by atoms with Crippen LogP contribution in [0.4, 0.5) is 5.69 Å². The summed E-state index contributed by atoms with van der Waals surface area (Å²) in [6.45, 7) is 5.55. The van der Waals surface area contributed by atoms with Gasteiger partial charge in [-0.3, -0.25) is 9.59 Å². The van der Waals surface area contributed by atoms with E-state index < -0.39 is 34.6 Å². The summed E-state index contributed by atoms with van der Waals surface area (Å²) in [5.41, 5.74) is 0.633. The van der Waals surface area contributed by atoms with Crippen molar-refractivity contribution in [2.24, 2.45) is 21.8 Å². The molecule has 1 heterocycles. The van der Waals surface area contributed by atoms with E-state index in [9.17, 15) is 4.79 Å². The lowest BCUT2D eigenvalue weighted by Gasteiger charge is -2.62.